The van der Waals surface area contributed by atoms with Crippen LogP contribution < -0.4 is 22.1 Å². The molecule has 0 atom stereocenters. The minimum atomic E-state index is 0.371. The zero-order valence-electron chi connectivity index (χ0n) is 17.6. The molecule has 0 amide bonds. The molecule has 8 heteroatoms. The molecule has 162 valence electrons. The molecule has 32 heavy (non-hydrogen) atoms. The average Bonchev–Trinajstić information content (AvgIpc) is 3.66. The van der Waals surface area contributed by atoms with E-state index in [0.717, 1.165) is 46.5 Å². The van der Waals surface area contributed by atoms with Crippen molar-refractivity contribution in [2.75, 3.05) is 0 Å². The Morgan fingerprint density at radius 3 is 2.88 bits per heavy atom. The summed E-state index contributed by atoms with van der Waals surface area (Å²) in [5.74, 6) is 1.44. The van der Waals surface area contributed by atoms with Crippen molar-refractivity contribution in [2.45, 2.75) is 19.4 Å². The van der Waals surface area contributed by atoms with Gasteiger partial charge in [0.25, 0.3) is 0 Å². The van der Waals surface area contributed by atoms with Gasteiger partial charge in [0.05, 0.1) is 17.9 Å². The number of nitrogens with zero attached hydrogens (tertiary/aromatic N) is 3. The summed E-state index contributed by atoms with van der Waals surface area (Å²) in [5.41, 5.74) is 17.4. The third-order valence-electron chi connectivity index (χ3n) is 5.16. The van der Waals surface area contributed by atoms with Gasteiger partial charge in [-0.05, 0) is 60.3 Å². The van der Waals surface area contributed by atoms with Crippen LogP contribution in [0.4, 0.5) is 0 Å². The van der Waals surface area contributed by atoms with Crippen molar-refractivity contribution in [3.63, 3.8) is 0 Å². The zero-order valence-corrected chi connectivity index (χ0v) is 17.6. The van der Waals surface area contributed by atoms with Crippen LogP contribution in [0.25, 0.3) is 0 Å². The lowest BCUT2D eigenvalue weighted by Gasteiger charge is -2.23. The second-order valence-corrected chi connectivity index (χ2v) is 7.61. The number of nitrogens with one attached hydrogen (secondary N) is 3. The van der Waals surface area contributed by atoms with E-state index in [1.54, 1.807) is 24.7 Å². The lowest BCUT2D eigenvalue weighted by atomic mass is 10.0. The summed E-state index contributed by atoms with van der Waals surface area (Å²) in [6.07, 6.45) is 19.8. The van der Waals surface area contributed by atoms with E-state index < -0.39 is 0 Å². The fourth-order valence-electron chi connectivity index (χ4n) is 3.31. The zero-order chi connectivity index (χ0) is 22.3. The number of nitrogens with two attached hydrogens (primary N) is 2. The molecule has 8 nitrogen and oxygen atoms in total. The Balaban J connectivity index is 1.45. The maximum Gasteiger partial charge on any atom is 0.132 e. The van der Waals surface area contributed by atoms with Gasteiger partial charge in [-0.15, -0.1) is 0 Å². The van der Waals surface area contributed by atoms with Crippen LogP contribution in [-0.2, 0) is 6.54 Å². The summed E-state index contributed by atoms with van der Waals surface area (Å²) in [5, 5.41) is 14.1. The van der Waals surface area contributed by atoms with Gasteiger partial charge in [0, 0.05) is 48.4 Å². The maximum absolute atomic E-state index is 7.55. The van der Waals surface area contributed by atoms with Gasteiger partial charge < -0.3 is 27.5 Å². The van der Waals surface area contributed by atoms with Crippen LogP contribution in [0.3, 0.4) is 0 Å². The number of rotatable bonds is 8. The van der Waals surface area contributed by atoms with E-state index in [4.69, 9.17) is 16.9 Å². The fraction of sp³-hybridized carbons (Fsp3) is 0.167. The Labute approximate surface area is 187 Å². The first kappa shape index (κ1) is 21.0. The van der Waals surface area contributed by atoms with Crippen molar-refractivity contribution in [1.29, 1.82) is 5.41 Å². The topological polar surface area (TPSA) is 138 Å². The van der Waals surface area contributed by atoms with E-state index in [9.17, 15) is 0 Å². The Hall–Kier alpha value is -4.20. The Kier molecular flexibility index (Phi) is 6.41. The minimum absolute atomic E-state index is 0.371. The van der Waals surface area contributed by atoms with Gasteiger partial charge in [-0.2, -0.15) is 0 Å². The van der Waals surface area contributed by atoms with Gasteiger partial charge in [0.1, 0.15) is 11.7 Å². The lowest BCUT2D eigenvalue weighted by Crippen LogP contribution is -2.26. The van der Waals surface area contributed by atoms with Gasteiger partial charge in [0.2, 0.25) is 0 Å². The number of fused-ring (bicyclic) bond motifs is 1. The molecule has 4 rings (SSSR count). The normalized spacial score (nSPS) is 19.2. The van der Waals surface area contributed by atoms with Crippen molar-refractivity contribution in [3.8, 4) is 0 Å². The standard InChI is InChI=1S/C24H26N8/c25-10-18(17-3-4-17)9-23(27)32-24-6-5-21-22(31-24)8-19(15-30-21)20(11-26)14-29-13-16-2-1-7-28-12-16/h1-2,5-12,14-15,17,25,30-31H,3-4,13,26H2,(H2,27,32). The average molecular weight is 427 g/mol. The molecule has 0 radical (unpaired) electrons. The van der Waals surface area contributed by atoms with Crippen LogP contribution in [0, 0.1) is 11.3 Å². The number of hydrogen-bond donors (Lipinski definition) is 5. The lowest BCUT2D eigenvalue weighted by molar-refractivity contribution is 0.875. The van der Waals surface area contributed by atoms with Gasteiger partial charge in [-0.25, -0.2) is 4.99 Å². The monoisotopic (exact) mass is 426 g/mol. The SMILES string of the molecule is N=CC(=CC(N)=NC1=CC=C2NC=C(C(C=NCc3cccnc3)=CN)C=C2N1)C1CC1. The molecule has 2 aliphatic heterocycles. The summed E-state index contributed by atoms with van der Waals surface area (Å²) >= 11 is 0. The molecule has 1 aromatic heterocycles. The summed E-state index contributed by atoms with van der Waals surface area (Å²) in [6.45, 7) is 0.527. The molecular weight excluding hydrogens is 400 g/mol. The molecule has 1 aromatic rings. The van der Waals surface area contributed by atoms with E-state index in [2.05, 4.69) is 25.6 Å². The first-order valence-electron chi connectivity index (χ1n) is 10.4. The van der Waals surface area contributed by atoms with Crippen molar-refractivity contribution in [1.82, 2.24) is 15.6 Å². The van der Waals surface area contributed by atoms with Gasteiger partial charge in [0.15, 0.2) is 0 Å². The molecule has 0 aromatic carbocycles. The first-order chi connectivity index (χ1) is 15.7. The van der Waals surface area contributed by atoms with Crippen molar-refractivity contribution in [3.05, 3.63) is 101 Å². The molecule has 1 aliphatic carbocycles. The Bertz CT molecular complexity index is 1130. The predicted molar refractivity (Wildman–Crippen MR) is 129 cm³/mol. The summed E-state index contributed by atoms with van der Waals surface area (Å²) < 4.78 is 0. The minimum Gasteiger partial charge on any atom is -0.404 e. The van der Waals surface area contributed by atoms with Crippen LogP contribution in [0.2, 0.25) is 0 Å². The van der Waals surface area contributed by atoms with E-state index >= 15 is 0 Å². The number of aromatic nitrogens is 1. The van der Waals surface area contributed by atoms with Crippen molar-refractivity contribution < 1.29 is 0 Å². The number of aliphatic imine (C=N–C) groups is 2. The largest absolute Gasteiger partial charge is 0.404 e. The Morgan fingerprint density at radius 1 is 1.28 bits per heavy atom. The molecule has 0 spiro atoms. The van der Waals surface area contributed by atoms with Gasteiger partial charge in [-0.1, -0.05) is 6.07 Å². The Morgan fingerprint density at radius 2 is 2.16 bits per heavy atom. The maximum atomic E-state index is 7.55. The highest BCUT2D eigenvalue weighted by atomic mass is 15.1. The van der Waals surface area contributed by atoms with Crippen LogP contribution >= 0.6 is 0 Å². The molecule has 0 saturated heterocycles. The molecule has 1 saturated carbocycles. The molecule has 1 fully saturated rings. The van der Waals surface area contributed by atoms with Crippen molar-refractivity contribution >= 4 is 18.3 Å². The highest BCUT2D eigenvalue weighted by Crippen LogP contribution is 2.35. The molecule has 0 unspecified atom stereocenters. The van der Waals surface area contributed by atoms with Crippen molar-refractivity contribution in [2.24, 2.45) is 27.4 Å². The first-order valence-corrected chi connectivity index (χ1v) is 10.4. The van der Waals surface area contributed by atoms with Gasteiger partial charge in [-0.3, -0.25) is 9.98 Å². The highest BCUT2D eigenvalue weighted by Gasteiger charge is 2.24. The smallest absolute Gasteiger partial charge is 0.132 e. The molecule has 3 aliphatic rings. The summed E-state index contributed by atoms with van der Waals surface area (Å²) in [7, 11) is 0. The van der Waals surface area contributed by atoms with E-state index in [0.29, 0.717) is 24.1 Å². The number of allylic oxidation sites excluding steroid dienone is 6. The van der Waals surface area contributed by atoms with Crippen LogP contribution in [0.1, 0.15) is 18.4 Å². The summed E-state index contributed by atoms with van der Waals surface area (Å²) in [6, 6.07) is 3.87. The number of pyridine rings is 1. The van der Waals surface area contributed by atoms with Crippen LogP contribution in [-0.4, -0.2) is 23.2 Å². The summed E-state index contributed by atoms with van der Waals surface area (Å²) in [4.78, 5) is 13.0. The number of amidine groups is 1. The fourth-order valence-corrected chi connectivity index (χ4v) is 3.31. The number of dihydropyridines is 2. The third-order valence-corrected chi connectivity index (χ3v) is 5.16. The number of hydrogen-bond acceptors (Lipinski definition) is 7. The molecule has 0 bridgehead atoms. The van der Waals surface area contributed by atoms with E-state index in [1.165, 1.54) is 12.4 Å². The predicted octanol–water partition coefficient (Wildman–Crippen LogP) is 2.54. The highest BCUT2D eigenvalue weighted by molar-refractivity contribution is 5.97. The second-order valence-electron chi connectivity index (χ2n) is 7.61. The molecule has 7 N–H and O–H groups in total. The molecule has 3 heterocycles. The van der Waals surface area contributed by atoms with Crippen LogP contribution in [0.15, 0.2) is 105 Å². The van der Waals surface area contributed by atoms with E-state index in [1.807, 2.05) is 36.6 Å². The van der Waals surface area contributed by atoms with Gasteiger partial charge >= 0.3 is 0 Å². The van der Waals surface area contributed by atoms with E-state index in [-0.39, 0.29) is 0 Å². The molecular formula is C24H26N8. The second kappa shape index (κ2) is 9.74. The van der Waals surface area contributed by atoms with Crippen LogP contribution in [0.5, 0.6) is 0 Å². The third kappa shape index (κ3) is 5.28. The quantitative estimate of drug-likeness (QED) is 0.321.